The van der Waals surface area contributed by atoms with Gasteiger partial charge in [-0.15, -0.1) is 0 Å². The van der Waals surface area contributed by atoms with Crippen LogP contribution in [0.15, 0.2) is 76.4 Å². The van der Waals surface area contributed by atoms with E-state index in [0.717, 1.165) is 10.6 Å². The molecule has 35 heavy (non-hydrogen) atoms. The van der Waals surface area contributed by atoms with Crippen LogP contribution in [0.2, 0.25) is 5.02 Å². The second kappa shape index (κ2) is 12.0. The summed E-state index contributed by atoms with van der Waals surface area (Å²) in [6.45, 7) is -0.351. The highest BCUT2D eigenvalue weighted by Crippen LogP contribution is 2.21. The Morgan fingerprint density at radius 1 is 1.11 bits per heavy atom. The van der Waals surface area contributed by atoms with Gasteiger partial charge < -0.3 is 14.5 Å². The number of anilines is 1. The predicted molar refractivity (Wildman–Crippen MR) is 132 cm³/mol. The third-order valence-electron chi connectivity index (χ3n) is 4.48. The predicted octanol–water partition coefficient (Wildman–Crippen LogP) is 2.54. The van der Waals surface area contributed by atoms with Crippen molar-refractivity contribution in [3.8, 4) is 5.75 Å². The number of hydrogen-bond acceptors (Lipinski definition) is 7. The quantitative estimate of drug-likeness (QED) is 0.296. The number of nitrogens with one attached hydrogen (secondary N) is 2. The van der Waals surface area contributed by atoms with Gasteiger partial charge in [-0.1, -0.05) is 17.7 Å². The summed E-state index contributed by atoms with van der Waals surface area (Å²) in [6.07, 6.45) is 3.92. The summed E-state index contributed by atoms with van der Waals surface area (Å²) >= 11 is 5.93. The molecule has 1 heterocycles. The fourth-order valence-electron chi connectivity index (χ4n) is 2.82. The molecule has 0 aliphatic carbocycles. The van der Waals surface area contributed by atoms with Gasteiger partial charge in [0.25, 0.3) is 11.8 Å². The maximum absolute atomic E-state index is 12.3. The molecule has 0 unspecified atom stereocenters. The molecule has 0 radical (unpaired) electrons. The van der Waals surface area contributed by atoms with Crippen molar-refractivity contribution in [2.24, 2.45) is 5.10 Å². The summed E-state index contributed by atoms with van der Waals surface area (Å²) in [5.74, 6) is 0.190. The summed E-state index contributed by atoms with van der Waals surface area (Å²) in [6, 6.07) is 16.3. The second-order valence-electron chi connectivity index (χ2n) is 7.26. The minimum absolute atomic E-state index is 0.159. The van der Waals surface area contributed by atoms with E-state index >= 15 is 0 Å². The summed E-state index contributed by atoms with van der Waals surface area (Å²) in [5.41, 5.74) is 3.21. The molecule has 0 atom stereocenters. The van der Waals surface area contributed by atoms with Crippen LogP contribution in [0, 0.1) is 0 Å². The average Bonchev–Trinajstić information content (AvgIpc) is 3.34. The van der Waals surface area contributed by atoms with E-state index < -0.39 is 22.5 Å². The Morgan fingerprint density at radius 3 is 2.54 bits per heavy atom. The molecule has 2 aromatic carbocycles. The van der Waals surface area contributed by atoms with E-state index in [-0.39, 0.29) is 24.7 Å². The maximum Gasteiger partial charge on any atom is 0.260 e. The van der Waals surface area contributed by atoms with E-state index in [1.54, 1.807) is 48.5 Å². The van der Waals surface area contributed by atoms with Gasteiger partial charge in [0.2, 0.25) is 10.0 Å². The van der Waals surface area contributed by atoms with Crippen LogP contribution in [0.5, 0.6) is 5.75 Å². The van der Waals surface area contributed by atoms with Crippen molar-refractivity contribution in [3.05, 3.63) is 83.3 Å². The normalized spacial score (nSPS) is 11.3. The van der Waals surface area contributed by atoms with Crippen molar-refractivity contribution >= 4 is 45.3 Å². The fourth-order valence-corrected chi connectivity index (χ4v) is 3.86. The monoisotopic (exact) mass is 518 g/mol. The molecule has 0 saturated carbocycles. The molecule has 2 amide bonds. The Hall–Kier alpha value is -3.83. The summed E-state index contributed by atoms with van der Waals surface area (Å²) in [4.78, 5) is 24.1. The maximum atomic E-state index is 12.3. The molecule has 3 rings (SSSR count). The molecule has 0 aliphatic heterocycles. The van der Waals surface area contributed by atoms with E-state index in [0.29, 0.717) is 22.1 Å². The number of ether oxygens (including phenoxy) is 1. The minimum atomic E-state index is -3.72. The molecule has 0 fully saturated rings. The van der Waals surface area contributed by atoms with Crippen LogP contribution in [0.3, 0.4) is 0 Å². The number of hydrogen-bond donors (Lipinski definition) is 2. The fraction of sp³-hybridized carbons (Fsp3) is 0.174. The zero-order chi connectivity index (χ0) is 25.3. The number of hydrazone groups is 1. The van der Waals surface area contributed by atoms with Gasteiger partial charge in [0.1, 0.15) is 18.1 Å². The molecular weight excluding hydrogens is 496 g/mol. The van der Waals surface area contributed by atoms with Crippen LogP contribution in [-0.4, -0.2) is 45.9 Å². The lowest BCUT2D eigenvalue weighted by molar-refractivity contribution is -0.123. The molecular formula is C23H23ClN4O6S. The molecule has 1 aromatic heterocycles. The summed E-state index contributed by atoms with van der Waals surface area (Å²) in [7, 11) is -3.72. The van der Waals surface area contributed by atoms with Gasteiger partial charge in [0.15, 0.2) is 6.61 Å². The zero-order valence-corrected chi connectivity index (χ0v) is 20.3. The second-order valence-corrected chi connectivity index (χ2v) is 9.60. The number of amides is 2. The Balaban J connectivity index is 1.47. The molecule has 2 N–H and O–H groups in total. The lowest BCUT2D eigenvalue weighted by Gasteiger charge is -2.21. The molecule has 3 aromatic rings. The third-order valence-corrected chi connectivity index (χ3v) is 5.85. The summed E-state index contributed by atoms with van der Waals surface area (Å²) < 4.78 is 35.7. The van der Waals surface area contributed by atoms with Crippen molar-refractivity contribution in [2.45, 2.75) is 6.54 Å². The Kier molecular flexibility index (Phi) is 8.87. The first-order valence-corrected chi connectivity index (χ1v) is 12.5. The van der Waals surface area contributed by atoms with Crippen LogP contribution in [0.4, 0.5) is 5.69 Å². The molecule has 184 valence electrons. The average molecular weight is 519 g/mol. The van der Waals surface area contributed by atoms with Crippen LogP contribution in [-0.2, 0) is 26.2 Å². The van der Waals surface area contributed by atoms with Crippen molar-refractivity contribution in [3.63, 3.8) is 0 Å². The first kappa shape index (κ1) is 25.8. The Bertz CT molecular complexity index is 1280. The van der Waals surface area contributed by atoms with Crippen molar-refractivity contribution in [2.75, 3.05) is 23.7 Å². The van der Waals surface area contributed by atoms with Crippen molar-refractivity contribution in [1.82, 2.24) is 10.7 Å². The van der Waals surface area contributed by atoms with Crippen molar-refractivity contribution < 1.29 is 27.2 Å². The van der Waals surface area contributed by atoms with E-state index in [1.807, 2.05) is 0 Å². The molecule has 12 heteroatoms. The van der Waals surface area contributed by atoms with Gasteiger partial charge in [-0.25, -0.2) is 13.8 Å². The smallest absolute Gasteiger partial charge is 0.260 e. The van der Waals surface area contributed by atoms with E-state index in [9.17, 15) is 18.0 Å². The number of furan rings is 1. The molecule has 0 bridgehead atoms. The standard InChI is InChI=1S/C23H23ClN4O6S/c1-35(31,32)28(19-5-2-4-18(24)12-19)15-22(29)27-26-13-17-7-9-20(10-8-17)34-16-23(30)25-14-21-6-3-11-33-21/h2-13H,14-16H2,1H3,(H,25,30)(H,27,29)/b26-13-. The largest absolute Gasteiger partial charge is 0.484 e. The lowest BCUT2D eigenvalue weighted by atomic mass is 10.2. The number of nitrogens with zero attached hydrogens (tertiary/aromatic N) is 2. The van der Waals surface area contributed by atoms with E-state index in [1.165, 1.54) is 24.6 Å². The first-order chi connectivity index (χ1) is 16.7. The Morgan fingerprint density at radius 2 is 1.89 bits per heavy atom. The topological polar surface area (TPSA) is 130 Å². The highest BCUT2D eigenvalue weighted by Gasteiger charge is 2.20. The first-order valence-electron chi connectivity index (χ1n) is 10.3. The van der Waals surface area contributed by atoms with E-state index in [4.69, 9.17) is 20.8 Å². The van der Waals surface area contributed by atoms with Gasteiger partial charge in [-0.05, 0) is 60.2 Å². The van der Waals surface area contributed by atoms with Crippen LogP contribution >= 0.6 is 11.6 Å². The number of carbonyl (C=O) groups excluding carboxylic acids is 2. The van der Waals surface area contributed by atoms with Gasteiger partial charge in [-0.2, -0.15) is 5.10 Å². The molecule has 0 aliphatic rings. The van der Waals surface area contributed by atoms with E-state index in [2.05, 4.69) is 15.8 Å². The van der Waals surface area contributed by atoms with Gasteiger partial charge in [-0.3, -0.25) is 13.9 Å². The minimum Gasteiger partial charge on any atom is -0.484 e. The third kappa shape index (κ3) is 8.47. The Labute approximate surface area is 207 Å². The van der Waals surface area contributed by atoms with Gasteiger partial charge >= 0.3 is 0 Å². The van der Waals surface area contributed by atoms with Gasteiger partial charge in [0, 0.05) is 5.02 Å². The van der Waals surface area contributed by atoms with Crippen molar-refractivity contribution in [1.29, 1.82) is 0 Å². The van der Waals surface area contributed by atoms with Crippen LogP contribution in [0.1, 0.15) is 11.3 Å². The molecule has 0 spiro atoms. The zero-order valence-electron chi connectivity index (χ0n) is 18.7. The number of sulfonamides is 1. The number of rotatable bonds is 11. The van der Waals surface area contributed by atoms with Crippen LogP contribution < -0.4 is 19.8 Å². The van der Waals surface area contributed by atoms with Gasteiger partial charge in [0.05, 0.1) is 31.0 Å². The lowest BCUT2D eigenvalue weighted by Crippen LogP contribution is -2.39. The van der Waals surface area contributed by atoms with Crippen LogP contribution in [0.25, 0.3) is 0 Å². The summed E-state index contributed by atoms with van der Waals surface area (Å²) in [5, 5.41) is 6.87. The number of benzene rings is 2. The highest BCUT2D eigenvalue weighted by atomic mass is 35.5. The number of carbonyl (C=O) groups is 2. The molecule has 10 nitrogen and oxygen atoms in total. The molecule has 0 saturated heterocycles. The SMILES string of the molecule is CS(=O)(=O)N(CC(=O)N/N=C\c1ccc(OCC(=O)NCc2ccco2)cc1)c1cccc(Cl)c1. The highest BCUT2D eigenvalue weighted by molar-refractivity contribution is 7.92. The number of halogens is 1.